The van der Waals surface area contributed by atoms with Gasteiger partial charge in [-0.15, -0.1) is 0 Å². The summed E-state index contributed by atoms with van der Waals surface area (Å²) in [6.07, 6.45) is 1.83. The fourth-order valence-corrected chi connectivity index (χ4v) is 1.35. The van der Waals surface area contributed by atoms with E-state index >= 15 is 0 Å². The van der Waals surface area contributed by atoms with Crippen molar-refractivity contribution >= 4 is 17.7 Å². The summed E-state index contributed by atoms with van der Waals surface area (Å²) in [5.41, 5.74) is 2.48. The molecule has 0 unspecified atom stereocenters. The third kappa shape index (κ3) is 5.83. The summed E-state index contributed by atoms with van der Waals surface area (Å²) in [6.45, 7) is 8.85. The molecule has 1 amide bonds. The van der Waals surface area contributed by atoms with Gasteiger partial charge in [-0.3, -0.25) is 4.79 Å². The number of rotatable bonds is 3. The van der Waals surface area contributed by atoms with Crippen LogP contribution in [0.15, 0.2) is 79.4 Å². The minimum absolute atomic E-state index is 0.138. The number of para-hydroxylation sites is 1. The van der Waals surface area contributed by atoms with Crippen LogP contribution in [0.4, 0.5) is 5.69 Å². The van der Waals surface area contributed by atoms with E-state index in [0.29, 0.717) is 5.57 Å². The lowest BCUT2D eigenvalue weighted by molar-refractivity contribution is -0.112. The lowest BCUT2D eigenvalue weighted by atomic mass is 10.2. The Hall–Kier alpha value is -2.61. The molecule has 0 aromatic heterocycles. The van der Waals surface area contributed by atoms with Gasteiger partial charge in [0.15, 0.2) is 0 Å². The molecule has 0 heterocycles. The number of carbonyl (C=O) groups excluding carboxylic acids is 1. The van der Waals surface area contributed by atoms with Gasteiger partial charge < -0.3 is 5.32 Å². The quantitative estimate of drug-likeness (QED) is 0.812. The maximum Gasteiger partial charge on any atom is 0.250 e. The second kappa shape index (κ2) is 8.48. The van der Waals surface area contributed by atoms with E-state index in [-0.39, 0.29) is 5.91 Å². The standard InChI is InChI=1S/C10H11NO.C8H8/c1-8(2)10(12)11-9-6-4-3-5-7-9;1-2-8-6-4-3-5-7-8/h3-7H,1H2,2H3,(H,11,12);2-7H,1H2. The molecule has 2 nitrogen and oxygen atoms in total. The SMILES string of the molecule is C=C(C)C(=O)Nc1ccccc1.C=Cc1ccccc1. The van der Waals surface area contributed by atoms with Crippen molar-refractivity contribution < 1.29 is 4.79 Å². The van der Waals surface area contributed by atoms with Crippen LogP contribution in [-0.2, 0) is 4.79 Å². The Morgan fingerprint density at radius 3 is 1.90 bits per heavy atom. The Morgan fingerprint density at radius 2 is 1.50 bits per heavy atom. The average Bonchev–Trinajstić information content (AvgIpc) is 2.49. The molecule has 102 valence electrons. The van der Waals surface area contributed by atoms with E-state index in [1.165, 1.54) is 5.56 Å². The van der Waals surface area contributed by atoms with Crippen molar-refractivity contribution in [3.8, 4) is 0 Å². The van der Waals surface area contributed by atoms with Crippen molar-refractivity contribution in [3.05, 3.63) is 85.0 Å². The van der Waals surface area contributed by atoms with Gasteiger partial charge in [-0.05, 0) is 24.6 Å². The highest BCUT2D eigenvalue weighted by Crippen LogP contribution is 2.05. The number of carbonyl (C=O) groups is 1. The molecule has 2 rings (SSSR count). The first kappa shape index (κ1) is 15.4. The molecular weight excluding hydrogens is 246 g/mol. The molecule has 0 saturated carbocycles. The van der Waals surface area contributed by atoms with E-state index in [4.69, 9.17) is 0 Å². The van der Waals surface area contributed by atoms with Crippen molar-refractivity contribution in [2.24, 2.45) is 0 Å². The second-order valence-corrected chi connectivity index (χ2v) is 4.22. The minimum Gasteiger partial charge on any atom is -0.322 e. The number of benzene rings is 2. The fraction of sp³-hybridized carbons (Fsp3) is 0.0556. The fourth-order valence-electron chi connectivity index (χ4n) is 1.35. The molecule has 0 saturated heterocycles. The smallest absolute Gasteiger partial charge is 0.250 e. The van der Waals surface area contributed by atoms with E-state index in [0.717, 1.165) is 5.69 Å². The highest BCUT2D eigenvalue weighted by Gasteiger charge is 2.00. The predicted octanol–water partition coefficient (Wildman–Crippen LogP) is 4.53. The number of hydrogen-bond acceptors (Lipinski definition) is 1. The first-order chi connectivity index (χ1) is 9.63. The van der Waals surface area contributed by atoms with Gasteiger partial charge in [0.1, 0.15) is 0 Å². The third-order valence-corrected chi connectivity index (χ3v) is 2.45. The molecule has 0 aliphatic rings. The van der Waals surface area contributed by atoms with Crippen LogP contribution in [0.25, 0.3) is 6.08 Å². The summed E-state index contributed by atoms with van der Waals surface area (Å²) < 4.78 is 0. The van der Waals surface area contributed by atoms with Crippen molar-refractivity contribution in [2.75, 3.05) is 5.32 Å². The van der Waals surface area contributed by atoms with Crippen LogP contribution in [0.2, 0.25) is 0 Å². The van der Waals surface area contributed by atoms with Gasteiger partial charge in [-0.1, -0.05) is 67.8 Å². The van der Waals surface area contributed by atoms with Crippen molar-refractivity contribution in [1.82, 2.24) is 0 Å². The van der Waals surface area contributed by atoms with E-state index in [1.54, 1.807) is 6.92 Å². The monoisotopic (exact) mass is 265 g/mol. The highest BCUT2D eigenvalue weighted by molar-refractivity contribution is 6.02. The Morgan fingerprint density at radius 1 is 1.00 bits per heavy atom. The van der Waals surface area contributed by atoms with E-state index in [9.17, 15) is 4.79 Å². The maximum atomic E-state index is 11.1. The van der Waals surface area contributed by atoms with Gasteiger partial charge >= 0.3 is 0 Å². The van der Waals surface area contributed by atoms with E-state index < -0.39 is 0 Å². The molecule has 0 bridgehead atoms. The first-order valence-electron chi connectivity index (χ1n) is 6.33. The summed E-state index contributed by atoms with van der Waals surface area (Å²) in [5, 5.41) is 2.70. The molecule has 1 N–H and O–H groups in total. The van der Waals surface area contributed by atoms with Gasteiger partial charge in [0.05, 0.1) is 0 Å². The normalized spacial score (nSPS) is 8.85. The molecular formula is C18H19NO. The molecule has 2 aromatic carbocycles. The first-order valence-corrected chi connectivity index (χ1v) is 6.33. The Balaban J connectivity index is 0.000000217. The van der Waals surface area contributed by atoms with Crippen LogP contribution in [0.1, 0.15) is 12.5 Å². The topological polar surface area (TPSA) is 29.1 Å². The number of anilines is 1. The molecule has 0 atom stereocenters. The molecule has 0 spiro atoms. The lowest BCUT2D eigenvalue weighted by Crippen LogP contribution is -2.11. The third-order valence-electron chi connectivity index (χ3n) is 2.45. The zero-order valence-corrected chi connectivity index (χ0v) is 11.7. The van der Waals surface area contributed by atoms with E-state index in [2.05, 4.69) is 18.5 Å². The highest BCUT2D eigenvalue weighted by atomic mass is 16.1. The largest absolute Gasteiger partial charge is 0.322 e. The summed E-state index contributed by atoms with van der Waals surface area (Å²) in [5.74, 6) is -0.138. The summed E-state index contributed by atoms with van der Waals surface area (Å²) in [4.78, 5) is 11.1. The maximum absolute atomic E-state index is 11.1. The molecule has 2 aromatic rings. The van der Waals surface area contributed by atoms with Gasteiger partial charge in [0.2, 0.25) is 0 Å². The molecule has 0 fully saturated rings. The Bertz CT molecular complexity index is 558. The minimum atomic E-state index is -0.138. The van der Waals surface area contributed by atoms with E-state index in [1.807, 2.05) is 66.7 Å². The van der Waals surface area contributed by atoms with Crippen LogP contribution in [-0.4, -0.2) is 5.91 Å². The van der Waals surface area contributed by atoms with Crippen molar-refractivity contribution in [2.45, 2.75) is 6.92 Å². The molecule has 0 aliphatic carbocycles. The second-order valence-electron chi connectivity index (χ2n) is 4.22. The zero-order chi connectivity index (χ0) is 14.8. The number of hydrogen-bond donors (Lipinski definition) is 1. The van der Waals surface area contributed by atoms with Crippen LogP contribution in [0.3, 0.4) is 0 Å². The van der Waals surface area contributed by atoms with Crippen LogP contribution < -0.4 is 5.32 Å². The van der Waals surface area contributed by atoms with Gasteiger partial charge in [0.25, 0.3) is 5.91 Å². The zero-order valence-electron chi connectivity index (χ0n) is 11.7. The average molecular weight is 265 g/mol. The predicted molar refractivity (Wildman–Crippen MR) is 86.4 cm³/mol. The summed E-state index contributed by atoms with van der Waals surface area (Å²) in [7, 11) is 0. The van der Waals surface area contributed by atoms with Gasteiger partial charge in [0, 0.05) is 11.3 Å². The number of amides is 1. The lowest BCUT2D eigenvalue weighted by Gasteiger charge is -2.02. The van der Waals surface area contributed by atoms with Crippen LogP contribution in [0.5, 0.6) is 0 Å². The van der Waals surface area contributed by atoms with Crippen LogP contribution >= 0.6 is 0 Å². The Labute approximate surface area is 120 Å². The summed E-state index contributed by atoms with van der Waals surface area (Å²) in [6, 6.07) is 19.3. The summed E-state index contributed by atoms with van der Waals surface area (Å²) >= 11 is 0. The molecule has 20 heavy (non-hydrogen) atoms. The van der Waals surface area contributed by atoms with Gasteiger partial charge in [-0.25, -0.2) is 0 Å². The molecule has 0 radical (unpaired) electrons. The number of nitrogens with one attached hydrogen (secondary N) is 1. The molecule has 2 heteroatoms. The Kier molecular flexibility index (Phi) is 6.55. The van der Waals surface area contributed by atoms with Crippen molar-refractivity contribution in [3.63, 3.8) is 0 Å². The van der Waals surface area contributed by atoms with Crippen molar-refractivity contribution in [1.29, 1.82) is 0 Å². The molecule has 0 aliphatic heterocycles. The van der Waals surface area contributed by atoms with Gasteiger partial charge in [-0.2, -0.15) is 0 Å². The van der Waals surface area contributed by atoms with Crippen LogP contribution in [0, 0.1) is 0 Å².